The SMILES string of the molecule is CC(C)CCNC(=O)[C@@]1(C)Cn2c(c(-n3cccc3)c3ccccc32)C(=O)N1Cc1ccccn1. The van der Waals surface area contributed by atoms with Gasteiger partial charge in [0.25, 0.3) is 5.91 Å². The minimum Gasteiger partial charge on any atom is -0.354 e. The number of carbonyl (C=O) groups excluding carboxylic acids is 2. The summed E-state index contributed by atoms with van der Waals surface area (Å²) in [5, 5.41) is 4.08. The Labute approximate surface area is 205 Å². The zero-order valence-electron chi connectivity index (χ0n) is 20.4. The third-order valence-electron chi connectivity index (χ3n) is 6.86. The van der Waals surface area contributed by atoms with Crippen molar-refractivity contribution in [2.45, 2.75) is 45.8 Å². The van der Waals surface area contributed by atoms with Crippen LogP contribution in [0.1, 0.15) is 43.4 Å². The van der Waals surface area contributed by atoms with Crippen molar-refractivity contribution in [3.05, 3.63) is 84.6 Å². The first-order valence-electron chi connectivity index (χ1n) is 12.1. The van der Waals surface area contributed by atoms with Crippen molar-refractivity contribution in [2.75, 3.05) is 6.54 Å². The fourth-order valence-corrected chi connectivity index (χ4v) is 4.92. The van der Waals surface area contributed by atoms with Crippen LogP contribution in [0.3, 0.4) is 0 Å². The molecule has 35 heavy (non-hydrogen) atoms. The number of nitrogens with zero attached hydrogens (tertiary/aromatic N) is 4. The first kappa shape index (κ1) is 22.9. The molecule has 0 spiro atoms. The summed E-state index contributed by atoms with van der Waals surface area (Å²) in [5.74, 6) is 0.154. The lowest BCUT2D eigenvalue weighted by Gasteiger charge is -2.44. The highest BCUT2D eigenvalue weighted by Crippen LogP contribution is 2.38. The van der Waals surface area contributed by atoms with E-state index in [0.29, 0.717) is 24.7 Å². The molecule has 1 atom stereocenters. The van der Waals surface area contributed by atoms with E-state index in [-0.39, 0.29) is 18.4 Å². The molecule has 4 heterocycles. The number of hydrogen-bond acceptors (Lipinski definition) is 3. The van der Waals surface area contributed by atoms with Crippen LogP contribution in [0.5, 0.6) is 0 Å². The monoisotopic (exact) mass is 469 g/mol. The fourth-order valence-electron chi connectivity index (χ4n) is 4.92. The molecule has 3 aromatic heterocycles. The molecule has 2 amide bonds. The Kier molecular flexibility index (Phi) is 5.93. The smallest absolute Gasteiger partial charge is 0.274 e. The maximum absolute atomic E-state index is 14.3. The van der Waals surface area contributed by atoms with Crippen LogP contribution >= 0.6 is 0 Å². The van der Waals surface area contributed by atoms with E-state index < -0.39 is 5.54 Å². The minimum atomic E-state index is -1.08. The van der Waals surface area contributed by atoms with E-state index in [2.05, 4.69) is 24.1 Å². The predicted molar refractivity (Wildman–Crippen MR) is 136 cm³/mol. The zero-order valence-corrected chi connectivity index (χ0v) is 20.4. The average molecular weight is 470 g/mol. The van der Waals surface area contributed by atoms with E-state index in [1.165, 1.54) is 0 Å². The van der Waals surface area contributed by atoms with Gasteiger partial charge in [0, 0.05) is 30.5 Å². The van der Waals surface area contributed by atoms with Crippen LogP contribution in [0, 0.1) is 5.92 Å². The lowest BCUT2D eigenvalue weighted by molar-refractivity contribution is -0.133. The third kappa shape index (κ3) is 4.01. The normalized spacial score (nSPS) is 17.7. The minimum absolute atomic E-state index is 0.145. The summed E-state index contributed by atoms with van der Waals surface area (Å²) in [6, 6.07) is 17.5. The number of carbonyl (C=O) groups is 2. The number of benzene rings is 1. The van der Waals surface area contributed by atoms with Gasteiger partial charge in [0.05, 0.1) is 30.0 Å². The van der Waals surface area contributed by atoms with Crippen LogP contribution in [0.15, 0.2) is 73.2 Å². The highest BCUT2D eigenvalue weighted by molar-refractivity contribution is 6.08. The van der Waals surface area contributed by atoms with Gasteiger partial charge in [0.15, 0.2) is 0 Å². The molecule has 1 aliphatic heterocycles. The first-order chi connectivity index (χ1) is 16.9. The Bertz CT molecular complexity index is 1360. The molecule has 5 rings (SSSR count). The van der Waals surface area contributed by atoms with Gasteiger partial charge in [-0.25, -0.2) is 0 Å². The Balaban J connectivity index is 1.65. The van der Waals surface area contributed by atoms with Crippen LogP contribution in [-0.4, -0.2) is 42.9 Å². The van der Waals surface area contributed by atoms with Gasteiger partial charge in [0.1, 0.15) is 11.2 Å². The highest BCUT2D eigenvalue weighted by Gasteiger charge is 2.49. The standard InChI is InChI=1S/C28H31N5O2/c1-20(2)13-15-30-27(35)28(3)19-32-23-12-5-4-11-22(23)24(31-16-8-9-17-31)25(32)26(34)33(28)18-21-10-6-7-14-29-21/h4-12,14,16-17,20H,13,15,18-19H2,1-3H3,(H,30,35)/t28-/m1/s1. The zero-order chi connectivity index (χ0) is 24.6. The van der Waals surface area contributed by atoms with Crippen LogP contribution in [0.25, 0.3) is 16.6 Å². The van der Waals surface area contributed by atoms with Crippen LogP contribution in [0.2, 0.25) is 0 Å². The Hall–Kier alpha value is -3.87. The van der Waals surface area contributed by atoms with E-state index in [9.17, 15) is 9.59 Å². The van der Waals surface area contributed by atoms with Crippen molar-refractivity contribution in [2.24, 2.45) is 5.92 Å². The van der Waals surface area contributed by atoms with E-state index in [0.717, 1.165) is 28.7 Å². The largest absolute Gasteiger partial charge is 0.354 e. The summed E-state index contributed by atoms with van der Waals surface area (Å²) in [5.41, 5.74) is 2.04. The molecule has 0 bridgehead atoms. The number of pyridine rings is 1. The van der Waals surface area contributed by atoms with Crippen molar-refractivity contribution in [3.8, 4) is 5.69 Å². The predicted octanol–water partition coefficient (Wildman–Crippen LogP) is 4.40. The van der Waals surface area contributed by atoms with E-state index in [4.69, 9.17) is 0 Å². The quantitative estimate of drug-likeness (QED) is 0.436. The van der Waals surface area contributed by atoms with Gasteiger partial charge in [0.2, 0.25) is 5.91 Å². The average Bonchev–Trinajstić information content (AvgIpc) is 3.48. The number of para-hydroxylation sites is 1. The second kappa shape index (κ2) is 9.06. The van der Waals surface area contributed by atoms with Gasteiger partial charge < -0.3 is 19.4 Å². The van der Waals surface area contributed by atoms with Gasteiger partial charge in [-0.3, -0.25) is 14.6 Å². The first-order valence-corrected chi connectivity index (χ1v) is 12.1. The number of rotatable bonds is 7. The molecule has 4 aromatic rings. The van der Waals surface area contributed by atoms with Gasteiger partial charge in [-0.05, 0) is 49.6 Å². The van der Waals surface area contributed by atoms with Crippen LogP contribution < -0.4 is 5.32 Å². The topological polar surface area (TPSA) is 72.2 Å². The van der Waals surface area contributed by atoms with Crippen LogP contribution in [-0.2, 0) is 17.9 Å². The summed E-state index contributed by atoms with van der Waals surface area (Å²) < 4.78 is 4.00. The molecule has 1 N–H and O–H groups in total. The Morgan fingerprint density at radius 1 is 1.09 bits per heavy atom. The summed E-state index contributed by atoms with van der Waals surface area (Å²) >= 11 is 0. The fraction of sp³-hybridized carbons (Fsp3) is 0.321. The van der Waals surface area contributed by atoms with Crippen molar-refractivity contribution < 1.29 is 9.59 Å². The van der Waals surface area contributed by atoms with Crippen molar-refractivity contribution in [1.29, 1.82) is 0 Å². The molecular weight excluding hydrogens is 438 g/mol. The Morgan fingerprint density at radius 3 is 2.54 bits per heavy atom. The van der Waals surface area contributed by atoms with Crippen LogP contribution in [0.4, 0.5) is 0 Å². The molecular formula is C28H31N5O2. The Morgan fingerprint density at radius 2 is 1.83 bits per heavy atom. The molecule has 0 unspecified atom stereocenters. The maximum atomic E-state index is 14.3. The molecule has 1 aromatic carbocycles. The summed E-state index contributed by atoms with van der Waals surface area (Å²) in [4.78, 5) is 34.1. The molecule has 0 aliphatic carbocycles. The number of hydrogen-bond donors (Lipinski definition) is 1. The number of aromatic nitrogens is 3. The van der Waals surface area contributed by atoms with E-state index in [1.54, 1.807) is 11.1 Å². The third-order valence-corrected chi connectivity index (χ3v) is 6.86. The van der Waals surface area contributed by atoms with Gasteiger partial charge in [-0.1, -0.05) is 38.1 Å². The van der Waals surface area contributed by atoms with E-state index >= 15 is 0 Å². The van der Waals surface area contributed by atoms with Gasteiger partial charge >= 0.3 is 0 Å². The molecule has 7 heteroatoms. The molecule has 0 saturated carbocycles. The number of amides is 2. The van der Waals surface area contributed by atoms with Crippen molar-refractivity contribution in [3.63, 3.8) is 0 Å². The molecule has 0 radical (unpaired) electrons. The second-order valence-electron chi connectivity index (χ2n) is 9.82. The molecule has 0 saturated heterocycles. The molecule has 7 nitrogen and oxygen atoms in total. The molecule has 0 fully saturated rings. The number of fused-ring (bicyclic) bond motifs is 3. The van der Waals surface area contributed by atoms with Crippen molar-refractivity contribution in [1.82, 2.24) is 24.3 Å². The molecule has 180 valence electrons. The summed E-state index contributed by atoms with van der Waals surface area (Å²) in [7, 11) is 0. The van der Waals surface area contributed by atoms with Crippen molar-refractivity contribution >= 4 is 22.7 Å². The lowest BCUT2D eigenvalue weighted by Crippen LogP contribution is -2.63. The van der Waals surface area contributed by atoms with Gasteiger partial charge in [-0.15, -0.1) is 0 Å². The van der Waals surface area contributed by atoms with Gasteiger partial charge in [-0.2, -0.15) is 0 Å². The second-order valence-corrected chi connectivity index (χ2v) is 9.82. The van der Waals surface area contributed by atoms with E-state index in [1.807, 2.05) is 83.0 Å². The summed E-state index contributed by atoms with van der Waals surface area (Å²) in [6.45, 7) is 7.31. The number of nitrogens with one attached hydrogen (secondary N) is 1. The molecule has 1 aliphatic rings. The summed E-state index contributed by atoms with van der Waals surface area (Å²) in [6.07, 6.45) is 6.49. The maximum Gasteiger partial charge on any atom is 0.274 e. The highest BCUT2D eigenvalue weighted by atomic mass is 16.2. The lowest BCUT2D eigenvalue weighted by atomic mass is 9.94.